The van der Waals surface area contributed by atoms with E-state index in [1.807, 2.05) is 72.6 Å². The maximum Gasteiger partial charge on any atom is 0.469 e. The molecule has 3 aromatic rings. The number of nitrogens with one attached hydrogen (secondary N) is 1. The summed E-state index contributed by atoms with van der Waals surface area (Å²) < 4.78 is 26.1. The van der Waals surface area contributed by atoms with E-state index >= 15 is 0 Å². The number of carbonyl (C=O) groups is 3. The predicted octanol–water partition coefficient (Wildman–Crippen LogP) is 4.90. The molecule has 12 nitrogen and oxygen atoms in total. The van der Waals surface area contributed by atoms with Crippen molar-refractivity contribution in [1.29, 1.82) is 0 Å². The standard InChI is InChI=1S/C32H37N2O10P/c1-21-8-3-14-29(22(21)2)42-17-7-15-30(35)34-16-6-12-26-25(11-5-13-28(26)34)24-10-4-9-23(18-24)19-43-32(38)33-27(31(36)37)20-44-45(39,40)41/h3-5,8-11,13-14,18,27H,6-7,12,15-17,19-20H2,1-2H3,(H,33,38)(H,36,37)(H2,39,40,41). The summed E-state index contributed by atoms with van der Waals surface area (Å²) in [6.07, 6.45) is 1.47. The number of fused-ring (bicyclic) bond motifs is 1. The molecular formula is C32H37N2O10P. The second-order valence-corrected chi connectivity index (χ2v) is 11.9. The van der Waals surface area contributed by atoms with Crippen molar-refractivity contribution in [1.82, 2.24) is 5.32 Å². The number of aliphatic carboxylic acids is 1. The number of benzene rings is 3. The van der Waals surface area contributed by atoms with Crippen molar-refractivity contribution in [2.75, 3.05) is 24.7 Å². The lowest BCUT2D eigenvalue weighted by molar-refractivity contribution is -0.140. The fourth-order valence-electron chi connectivity index (χ4n) is 5.08. The van der Waals surface area contributed by atoms with E-state index in [9.17, 15) is 24.1 Å². The lowest BCUT2D eigenvalue weighted by atomic mass is 9.91. The topological polar surface area (TPSA) is 172 Å². The van der Waals surface area contributed by atoms with Crippen LogP contribution in [0.1, 0.15) is 41.5 Å². The van der Waals surface area contributed by atoms with Crippen LogP contribution < -0.4 is 15.0 Å². The minimum atomic E-state index is -4.92. The van der Waals surface area contributed by atoms with Crippen LogP contribution in [0.3, 0.4) is 0 Å². The molecular weight excluding hydrogens is 603 g/mol. The SMILES string of the molecule is Cc1cccc(OCCCC(=O)N2CCCc3c(-c4cccc(COC(=O)NC(COP(=O)(O)O)C(=O)O)c4)cccc32)c1C. The second kappa shape index (κ2) is 15.2. The molecule has 2 amide bonds. The average molecular weight is 641 g/mol. The number of carboxylic acid groups (broad SMARTS) is 1. The van der Waals surface area contributed by atoms with E-state index in [1.54, 1.807) is 12.1 Å². The number of phosphoric acid groups is 1. The van der Waals surface area contributed by atoms with E-state index in [0.717, 1.165) is 52.1 Å². The van der Waals surface area contributed by atoms with Gasteiger partial charge in [-0.15, -0.1) is 0 Å². The number of anilines is 1. The molecule has 0 fully saturated rings. The van der Waals surface area contributed by atoms with Crippen molar-refractivity contribution in [2.45, 2.75) is 52.2 Å². The molecule has 0 bridgehead atoms. The van der Waals surface area contributed by atoms with E-state index in [1.165, 1.54) is 0 Å². The largest absolute Gasteiger partial charge is 0.493 e. The minimum Gasteiger partial charge on any atom is -0.493 e. The third-order valence-corrected chi connectivity index (χ3v) is 7.99. The first-order chi connectivity index (χ1) is 21.4. The Morgan fingerprint density at radius 3 is 2.56 bits per heavy atom. The van der Waals surface area contributed by atoms with Crippen LogP contribution in [0.25, 0.3) is 11.1 Å². The van der Waals surface area contributed by atoms with Crippen molar-refractivity contribution in [3.8, 4) is 16.9 Å². The van der Waals surface area contributed by atoms with Gasteiger partial charge in [0.2, 0.25) is 5.91 Å². The first-order valence-corrected chi connectivity index (χ1v) is 16.0. The Hall–Kier alpha value is -4.22. The number of ether oxygens (including phenoxy) is 2. The zero-order valence-corrected chi connectivity index (χ0v) is 26.0. The average Bonchev–Trinajstić information content (AvgIpc) is 3.01. The van der Waals surface area contributed by atoms with Crippen LogP contribution in [0.2, 0.25) is 0 Å². The lowest BCUT2D eigenvalue weighted by Crippen LogP contribution is -2.44. The number of carboxylic acids is 1. The van der Waals surface area contributed by atoms with E-state index in [0.29, 0.717) is 31.6 Å². The Kier molecular flexibility index (Phi) is 11.4. The Labute approximate surface area is 261 Å². The smallest absolute Gasteiger partial charge is 0.469 e. The molecule has 1 aliphatic heterocycles. The molecule has 13 heteroatoms. The van der Waals surface area contributed by atoms with Crippen LogP contribution in [0.4, 0.5) is 10.5 Å². The first kappa shape index (κ1) is 33.7. The molecule has 4 rings (SSSR count). The summed E-state index contributed by atoms with van der Waals surface area (Å²) in [6, 6.07) is 17.4. The number of amides is 2. The molecule has 4 N–H and O–H groups in total. The number of nitrogens with zero attached hydrogens (tertiary/aromatic N) is 1. The molecule has 1 heterocycles. The van der Waals surface area contributed by atoms with E-state index < -0.39 is 32.5 Å². The quantitative estimate of drug-likeness (QED) is 0.149. The van der Waals surface area contributed by atoms with Gasteiger partial charge in [-0.3, -0.25) is 9.32 Å². The molecule has 1 unspecified atom stereocenters. The number of phosphoric ester groups is 1. The highest BCUT2D eigenvalue weighted by Crippen LogP contribution is 2.37. The van der Waals surface area contributed by atoms with E-state index in [4.69, 9.17) is 19.3 Å². The molecule has 0 saturated heterocycles. The van der Waals surface area contributed by atoms with Gasteiger partial charge < -0.3 is 34.6 Å². The van der Waals surface area contributed by atoms with Crippen LogP contribution >= 0.6 is 7.82 Å². The fourth-order valence-corrected chi connectivity index (χ4v) is 5.43. The fraction of sp³-hybridized carbons (Fsp3) is 0.344. The predicted molar refractivity (Wildman–Crippen MR) is 166 cm³/mol. The van der Waals surface area contributed by atoms with Gasteiger partial charge in [-0.25, -0.2) is 14.2 Å². The van der Waals surface area contributed by atoms with Gasteiger partial charge in [-0.2, -0.15) is 0 Å². The van der Waals surface area contributed by atoms with Gasteiger partial charge >= 0.3 is 19.9 Å². The van der Waals surface area contributed by atoms with Gasteiger partial charge in [-0.1, -0.05) is 42.5 Å². The van der Waals surface area contributed by atoms with Crippen molar-refractivity contribution in [2.24, 2.45) is 0 Å². The zero-order valence-electron chi connectivity index (χ0n) is 25.1. The Balaban J connectivity index is 1.38. The van der Waals surface area contributed by atoms with Crippen molar-refractivity contribution in [3.63, 3.8) is 0 Å². The van der Waals surface area contributed by atoms with Gasteiger partial charge in [0.1, 0.15) is 12.4 Å². The molecule has 3 aromatic carbocycles. The summed E-state index contributed by atoms with van der Waals surface area (Å²) in [4.78, 5) is 56.2. The van der Waals surface area contributed by atoms with Gasteiger partial charge in [0.25, 0.3) is 0 Å². The second-order valence-electron chi connectivity index (χ2n) is 10.7. The monoisotopic (exact) mass is 640 g/mol. The number of alkyl carbamates (subject to hydrolysis) is 1. The van der Waals surface area contributed by atoms with Crippen LogP contribution in [0.15, 0.2) is 60.7 Å². The summed E-state index contributed by atoms with van der Waals surface area (Å²) in [5.41, 5.74) is 6.62. The summed E-state index contributed by atoms with van der Waals surface area (Å²) in [6.45, 7) is 4.01. The summed E-state index contributed by atoms with van der Waals surface area (Å²) in [5.74, 6) is -0.674. The molecule has 0 spiro atoms. The molecule has 240 valence electrons. The van der Waals surface area contributed by atoms with Crippen LogP contribution in [-0.2, 0) is 36.4 Å². The van der Waals surface area contributed by atoms with E-state index in [2.05, 4.69) is 4.52 Å². The first-order valence-electron chi connectivity index (χ1n) is 14.5. The van der Waals surface area contributed by atoms with E-state index in [-0.39, 0.29) is 12.5 Å². The summed E-state index contributed by atoms with van der Waals surface area (Å²) >= 11 is 0. The summed E-state index contributed by atoms with van der Waals surface area (Å²) in [5, 5.41) is 11.2. The maximum atomic E-state index is 13.3. The minimum absolute atomic E-state index is 0.0386. The highest BCUT2D eigenvalue weighted by atomic mass is 31.2. The molecule has 0 radical (unpaired) electrons. The van der Waals surface area contributed by atoms with Gasteiger partial charge in [-0.05, 0) is 84.7 Å². The third-order valence-electron chi connectivity index (χ3n) is 7.51. The third kappa shape index (κ3) is 9.39. The Morgan fingerprint density at radius 2 is 1.80 bits per heavy atom. The van der Waals surface area contributed by atoms with Crippen molar-refractivity contribution < 1.29 is 47.8 Å². The summed E-state index contributed by atoms with van der Waals surface area (Å²) in [7, 11) is -4.92. The molecule has 0 aliphatic carbocycles. The maximum absolute atomic E-state index is 13.3. The molecule has 1 aliphatic rings. The number of aryl methyl sites for hydroxylation is 1. The molecule has 0 saturated carbocycles. The van der Waals surface area contributed by atoms with Crippen molar-refractivity contribution >= 4 is 31.5 Å². The Morgan fingerprint density at radius 1 is 1.04 bits per heavy atom. The van der Waals surface area contributed by atoms with Crippen LogP contribution in [-0.4, -0.2) is 58.7 Å². The van der Waals surface area contributed by atoms with Crippen molar-refractivity contribution in [3.05, 3.63) is 82.9 Å². The van der Waals surface area contributed by atoms with Gasteiger partial charge in [0.15, 0.2) is 6.04 Å². The molecule has 45 heavy (non-hydrogen) atoms. The molecule has 1 atom stereocenters. The Bertz CT molecular complexity index is 1590. The number of hydrogen-bond acceptors (Lipinski definition) is 7. The number of rotatable bonds is 13. The van der Waals surface area contributed by atoms with Crippen LogP contribution in [0.5, 0.6) is 5.75 Å². The van der Waals surface area contributed by atoms with Gasteiger partial charge in [0.05, 0.1) is 13.2 Å². The lowest BCUT2D eigenvalue weighted by Gasteiger charge is -2.31. The normalized spacial score (nSPS) is 13.5. The zero-order chi connectivity index (χ0) is 32.6. The van der Waals surface area contributed by atoms with Crippen LogP contribution in [0, 0.1) is 13.8 Å². The number of hydrogen-bond donors (Lipinski definition) is 4. The highest BCUT2D eigenvalue weighted by Gasteiger charge is 2.26. The number of carbonyl (C=O) groups excluding carboxylic acids is 2. The highest BCUT2D eigenvalue weighted by molar-refractivity contribution is 7.46. The molecule has 0 aromatic heterocycles. The van der Waals surface area contributed by atoms with Gasteiger partial charge in [0, 0.05) is 18.7 Å².